The van der Waals surface area contributed by atoms with Crippen molar-refractivity contribution in [2.24, 2.45) is 5.92 Å². The number of aromatic nitrogens is 2. The van der Waals surface area contributed by atoms with Gasteiger partial charge < -0.3 is 18.9 Å². The van der Waals surface area contributed by atoms with Crippen LogP contribution >= 0.6 is 0 Å². The van der Waals surface area contributed by atoms with Crippen molar-refractivity contribution in [2.75, 3.05) is 19.6 Å². The number of amides is 3. The molecule has 3 amide bonds. The molecule has 1 atom stereocenters. The Bertz CT molecular complexity index is 1720. The van der Waals surface area contributed by atoms with Crippen LogP contribution in [-0.4, -0.2) is 85.4 Å². The summed E-state index contributed by atoms with van der Waals surface area (Å²) in [6.07, 6.45) is 6.21. The molecule has 252 valence electrons. The van der Waals surface area contributed by atoms with Crippen LogP contribution in [0.3, 0.4) is 0 Å². The molecule has 3 saturated heterocycles. The highest BCUT2D eigenvalue weighted by Crippen LogP contribution is 2.45. The van der Waals surface area contributed by atoms with E-state index in [4.69, 9.17) is 4.74 Å². The van der Waals surface area contributed by atoms with Crippen LogP contribution in [0.1, 0.15) is 89.0 Å². The average molecular weight is 650 g/mol. The second-order valence-electron chi connectivity index (χ2n) is 14.6. The number of nitrogens with zero attached hydrogens (tertiary/aromatic N) is 5. The Hall–Kier alpha value is -4.02. The maximum absolute atomic E-state index is 16.9. The normalized spacial score (nSPS) is 22.0. The third-order valence-electron chi connectivity index (χ3n) is 10.0. The number of piperidine rings is 2. The number of fused-ring (bicyclic) bond motifs is 4. The van der Waals surface area contributed by atoms with Gasteiger partial charge in [0.2, 0.25) is 5.91 Å². The van der Waals surface area contributed by atoms with E-state index in [2.05, 4.69) is 4.98 Å². The van der Waals surface area contributed by atoms with Gasteiger partial charge in [-0.25, -0.2) is 18.6 Å². The third kappa shape index (κ3) is 5.86. The van der Waals surface area contributed by atoms with Crippen molar-refractivity contribution < 1.29 is 27.9 Å². The first-order chi connectivity index (χ1) is 22.1. The number of aryl methyl sites for hydroxylation is 1. The first kappa shape index (κ1) is 32.9. The van der Waals surface area contributed by atoms with E-state index in [1.165, 1.54) is 17.0 Å². The molecule has 2 bridgehead atoms. The highest BCUT2D eigenvalue weighted by molar-refractivity contribution is 6.03. The second kappa shape index (κ2) is 11.9. The van der Waals surface area contributed by atoms with Crippen LogP contribution in [0.15, 0.2) is 36.7 Å². The summed E-state index contributed by atoms with van der Waals surface area (Å²) in [5, 5.41) is 0. The Morgan fingerprint density at radius 2 is 1.77 bits per heavy atom. The molecular weight excluding hydrogens is 604 g/mol. The van der Waals surface area contributed by atoms with E-state index in [-0.39, 0.29) is 48.5 Å². The molecule has 4 aliphatic rings. The lowest BCUT2D eigenvalue weighted by molar-refractivity contribution is -0.160. The summed E-state index contributed by atoms with van der Waals surface area (Å²) in [5.74, 6) is -0.477. The van der Waals surface area contributed by atoms with E-state index in [0.717, 1.165) is 25.7 Å². The Morgan fingerprint density at radius 1 is 1.09 bits per heavy atom. The first-order valence-corrected chi connectivity index (χ1v) is 16.7. The number of pyridine rings is 1. The number of ether oxygens (including phenoxy) is 1. The smallest absolute Gasteiger partial charge is 0.411 e. The molecule has 0 radical (unpaired) electrons. The summed E-state index contributed by atoms with van der Waals surface area (Å²) >= 11 is 0. The fourth-order valence-corrected chi connectivity index (χ4v) is 7.64. The van der Waals surface area contributed by atoms with Gasteiger partial charge in [0.05, 0.1) is 30.4 Å². The molecule has 1 aromatic carbocycles. The van der Waals surface area contributed by atoms with E-state index >= 15 is 4.39 Å². The van der Waals surface area contributed by atoms with Crippen molar-refractivity contribution in [2.45, 2.75) is 104 Å². The molecule has 0 N–H and O–H groups in total. The Morgan fingerprint density at radius 3 is 2.38 bits per heavy atom. The first-order valence-electron chi connectivity index (χ1n) is 16.7. The molecule has 9 nitrogen and oxygen atoms in total. The van der Waals surface area contributed by atoms with Crippen molar-refractivity contribution in [3.63, 3.8) is 0 Å². The van der Waals surface area contributed by atoms with Crippen molar-refractivity contribution in [3.05, 3.63) is 59.4 Å². The lowest BCUT2D eigenvalue weighted by Gasteiger charge is -2.53. The van der Waals surface area contributed by atoms with E-state index < -0.39 is 29.2 Å². The number of alkyl halides is 1. The van der Waals surface area contributed by atoms with Gasteiger partial charge in [0.1, 0.15) is 23.3 Å². The van der Waals surface area contributed by atoms with Crippen LogP contribution in [0.25, 0.3) is 16.6 Å². The molecule has 0 unspecified atom stereocenters. The minimum atomic E-state index is -1.88. The zero-order chi connectivity index (χ0) is 34.0. The van der Waals surface area contributed by atoms with Gasteiger partial charge in [-0.15, -0.1) is 0 Å². The van der Waals surface area contributed by atoms with Crippen LogP contribution in [0.2, 0.25) is 0 Å². The van der Waals surface area contributed by atoms with Gasteiger partial charge in [-0.3, -0.25) is 14.5 Å². The van der Waals surface area contributed by atoms with Gasteiger partial charge in [0.15, 0.2) is 5.67 Å². The molecule has 3 aromatic rings. The monoisotopic (exact) mass is 649 g/mol. The molecule has 11 heteroatoms. The van der Waals surface area contributed by atoms with E-state index in [9.17, 15) is 18.8 Å². The minimum Gasteiger partial charge on any atom is -0.444 e. The van der Waals surface area contributed by atoms with Crippen LogP contribution in [0, 0.1) is 18.7 Å². The molecule has 3 aliphatic heterocycles. The van der Waals surface area contributed by atoms with Crippen molar-refractivity contribution in [1.82, 2.24) is 24.1 Å². The zero-order valence-electron chi connectivity index (χ0n) is 28.3. The van der Waals surface area contributed by atoms with Crippen molar-refractivity contribution in [1.29, 1.82) is 0 Å². The third-order valence-corrected chi connectivity index (χ3v) is 10.0. The fraction of sp³-hybridized carbons (Fsp3) is 0.556. The summed E-state index contributed by atoms with van der Waals surface area (Å²) in [6.45, 7) is 13.0. The van der Waals surface area contributed by atoms with Gasteiger partial charge in [-0.2, -0.15) is 0 Å². The molecule has 1 saturated carbocycles. The standard InChI is InChI=1S/C36H45F2N5O4/c1-8-41(21(2)3)32(44)29-16-25(37)11-14-27(29)28-15-24(18-42-22(4)39-17-30(28)42)36(38)19-40(20-36)33(45)31-23-9-12-26(13-10-23)43(31)34(46)47-35(5,6)7/h11,14-18,21,23,26,31H,8-10,12-13,19-20H2,1-7H3/t23?,26?,31-/m1/s1. The largest absolute Gasteiger partial charge is 0.444 e. The molecule has 4 fully saturated rings. The second-order valence-corrected chi connectivity index (χ2v) is 14.6. The summed E-state index contributed by atoms with van der Waals surface area (Å²) in [5.41, 5.74) is -0.381. The number of halogens is 2. The molecule has 7 rings (SSSR count). The fourth-order valence-electron chi connectivity index (χ4n) is 7.64. The number of imidazole rings is 1. The van der Waals surface area contributed by atoms with Gasteiger partial charge in [0.25, 0.3) is 5.91 Å². The number of carbonyl (C=O) groups excluding carboxylic acids is 3. The highest BCUT2D eigenvalue weighted by Gasteiger charge is 2.55. The van der Waals surface area contributed by atoms with E-state index in [1.54, 1.807) is 66.4 Å². The molecule has 47 heavy (non-hydrogen) atoms. The maximum Gasteiger partial charge on any atom is 0.411 e. The van der Waals surface area contributed by atoms with Crippen molar-refractivity contribution in [3.8, 4) is 11.1 Å². The summed E-state index contributed by atoms with van der Waals surface area (Å²) in [6, 6.07) is 4.94. The van der Waals surface area contributed by atoms with Gasteiger partial charge in [-0.05, 0) is 104 Å². The number of rotatable bonds is 6. The van der Waals surface area contributed by atoms with E-state index in [1.807, 2.05) is 20.8 Å². The predicted molar refractivity (Wildman–Crippen MR) is 174 cm³/mol. The maximum atomic E-state index is 16.9. The number of carbonyl (C=O) groups is 3. The van der Waals surface area contributed by atoms with Crippen LogP contribution in [0.4, 0.5) is 13.6 Å². The quantitative estimate of drug-likeness (QED) is 0.304. The van der Waals surface area contributed by atoms with Gasteiger partial charge in [0, 0.05) is 36.0 Å². The number of hydrogen-bond acceptors (Lipinski definition) is 5. The van der Waals surface area contributed by atoms with Crippen LogP contribution < -0.4 is 0 Å². The number of likely N-dealkylation sites (tertiary alicyclic amines) is 1. The minimum absolute atomic E-state index is 0.00846. The Balaban J connectivity index is 1.33. The molecule has 1 aliphatic carbocycles. The topological polar surface area (TPSA) is 87.5 Å². The predicted octanol–water partition coefficient (Wildman–Crippen LogP) is 6.50. The number of benzene rings is 1. The van der Waals surface area contributed by atoms with E-state index in [0.29, 0.717) is 34.6 Å². The zero-order valence-corrected chi connectivity index (χ0v) is 28.3. The Labute approximate surface area is 274 Å². The van der Waals surface area contributed by atoms with Crippen molar-refractivity contribution >= 4 is 23.4 Å². The SMILES string of the molecule is CCN(C(=O)c1cc(F)ccc1-c1cc(C2(F)CN(C(=O)[C@H]3C4CCC(CC4)N3C(=O)OC(C)(C)C)C2)cn2c(C)ncc12)C(C)C. The lowest BCUT2D eigenvalue weighted by Crippen LogP contribution is -2.68. The molecular formula is C36H45F2N5O4. The Kier molecular flexibility index (Phi) is 8.33. The molecule has 2 aromatic heterocycles. The van der Waals surface area contributed by atoms with Crippen LogP contribution in [-0.2, 0) is 15.2 Å². The molecule has 5 heterocycles. The van der Waals surface area contributed by atoms with Gasteiger partial charge in [-0.1, -0.05) is 6.07 Å². The summed E-state index contributed by atoms with van der Waals surface area (Å²) < 4.78 is 39.0. The van der Waals surface area contributed by atoms with Gasteiger partial charge >= 0.3 is 6.09 Å². The van der Waals surface area contributed by atoms with Crippen LogP contribution in [0.5, 0.6) is 0 Å². The highest BCUT2D eigenvalue weighted by atomic mass is 19.1. The summed E-state index contributed by atoms with van der Waals surface area (Å²) in [4.78, 5) is 50.2. The number of hydrogen-bond donors (Lipinski definition) is 0. The molecule has 0 spiro atoms. The average Bonchev–Trinajstić information content (AvgIpc) is 3.38. The summed E-state index contributed by atoms with van der Waals surface area (Å²) in [7, 11) is 0. The lowest BCUT2D eigenvalue weighted by atomic mass is 9.73.